The monoisotopic (exact) mass is 1180 g/mol. The Morgan fingerprint density at radius 3 is 1.72 bits per heavy atom. The molecule has 9 amide bonds. The fourth-order valence-electron chi connectivity index (χ4n) is 8.16. The lowest BCUT2D eigenvalue weighted by molar-refractivity contribution is -0.136. The van der Waals surface area contributed by atoms with Crippen LogP contribution in [0.2, 0.25) is 5.02 Å². The van der Waals surface area contributed by atoms with Crippen LogP contribution in [-0.4, -0.2) is 148 Å². The standard InChI is InChI=1S/C54H69ClN12O12S2/c1-29(68)46-54(79)66-44(52(77)62-40(47(59)72)23-32-9-17-36(69)18-10-32)28-81-80-27-43(65-48(73)38(58)22-30-5-13-34(55)14-6-30)53(78)64-42(25-33-11-19-37(70)20-12-33)51(76)63-41(24-31-7-15-35(16-8-31)60-45(71)26-57)50(75)61-39(49(74)67-46)4-2-3-21-56/h5-20,29,38-44,46,68-70H,2-4,21-28,56-58H2,1H3,(H2,59,72)(H,60,71)(H,61,75)(H,62,77)(H,63,76)(H,64,78)(H,65,73)(H,66,79)(H,67,74)/t29?,38-,39-,40+,41+,42-,43+,44-,46?/m0/s1. The summed E-state index contributed by atoms with van der Waals surface area (Å²) in [6.07, 6.45) is -1.55. The minimum atomic E-state index is -1.76. The van der Waals surface area contributed by atoms with Gasteiger partial charge in [0.25, 0.3) is 0 Å². The van der Waals surface area contributed by atoms with Crippen LogP contribution in [0.4, 0.5) is 5.69 Å². The van der Waals surface area contributed by atoms with Crippen LogP contribution in [-0.2, 0) is 68.8 Å². The van der Waals surface area contributed by atoms with Crippen molar-refractivity contribution >= 4 is 92.0 Å². The number of unbranched alkanes of at least 4 members (excludes halogenated alkanes) is 1. The highest BCUT2D eigenvalue weighted by molar-refractivity contribution is 8.76. The molecule has 0 aliphatic carbocycles. The summed E-state index contributed by atoms with van der Waals surface area (Å²) in [5.41, 5.74) is 25.8. The molecule has 1 saturated heterocycles. The lowest BCUT2D eigenvalue weighted by atomic mass is 10.0. The first-order valence-corrected chi connectivity index (χ1v) is 28.7. The molecule has 0 aromatic heterocycles. The van der Waals surface area contributed by atoms with Crippen molar-refractivity contribution in [3.8, 4) is 11.5 Å². The number of aliphatic hydroxyl groups is 1. The Morgan fingerprint density at radius 1 is 0.654 bits per heavy atom. The number of phenols is 2. The number of benzene rings is 4. The zero-order valence-corrected chi connectivity index (χ0v) is 46.6. The third-order valence-electron chi connectivity index (χ3n) is 12.7. The summed E-state index contributed by atoms with van der Waals surface area (Å²) >= 11 is 6.07. The lowest BCUT2D eigenvalue weighted by Gasteiger charge is -2.29. The van der Waals surface area contributed by atoms with Crippen molar-refractivity contribution in [2.75, 3.05) is 29.9 Å². The van der Waals surface area contributed by atoms with Gasteiger partial charge >= 0.3 is 0 Å². The number of hydrogen-bond acceptors (Lipinski definition) is 17. The number of phenolic OH excluding ortho intramolecular Hbond substituents is 2. The number of primary amides is 1. The number of amides is 9. The molecule has 1 fully saturated rings. The predicted octanol–water partition coefficient (Wildman–Crippen LogP) is -0.970. The van der Waals surface area contributed by atoms with E-state index in [4.69, 9.17) is 34.5 Å². The molecule has 27 heteroatoms. The Labute approximate surface area is 480 Å². The Bertz CT molecular complexity index is 2800. The Morgan fingerprint density at radius 2 is 1.16 bits per heavy atom. The largest absolute Gasteiger partial charge is 0.508 e. The minimum Gasteiger partial charge on any atom is -0.508 e. The van der Waals surface area contributed by atoms with Crippen molar-refractivity contribution in [1.29, 1.82) is 0 Å². The molecule has 436 valence electrons. The third kappa shape index (κ3) is 21.2. The van der Waals surface area contributed by atoms with Gasteiger partial charge in [0.2, 0.25) is 53.2 Å². The maximum Gasteiger partial charge on any atom is 0.245 e. The predicted molar refractivity (Wildman–Crippen MR) is 307 cm³/mol. The van der Waals surface area contributed by atoms with Crippen molar-refractivity contribution in [2.24, 2.45) is 22.9 Å². The number of halogens is 1. The Hall–Kier alpha value is -7.46. The van der Waals surface area contributed by atoms with Crippen LogP contribution >= 0.6 is 33.2 Å². The lowest BCUT2D eigenvalue weighted by Crippen LogP contribution is -2.62. The highest BCUT2D eigenvalue weighted by atomic mass is 35.5. The second-order valence-corrected chi connectivity index (χ2v) is 22.2. The summed E-state index contributed by atoms with van der Waals surface area (Å²) in [6, 6.07) is 12.6. The van der Waals surface area contributed by atoms with E-state index >= 15 is 0 Å². The summed E-state index contributed by atoms with van der Waals surface area (Å²) < 4.78 is 0. The van der Waals surface area contributed by atoms with E-state index in [0.29, 0.717) is 39.4 Å². The molecule has 1 aliphatic rings. The SMILES string of the molecule is CC(O)C1NC(=O)[C@H](CCCCN)NC(=O)[C@@H](Cc2ccc(NC(=O)CN)cc2)NC(=O)[C@H](Cc2ccc(O)cc2)NC(=O)[C@H](NC(=O)[C@@H](N)Cc2ccc(Cl)cc2)CSSC[C@@H](C(=O)N[C@H](Cc2ccc(O)cc2)C(N)=O)NC1=O. The Kier molecular flexibility index (Phi) is 25.5. The third-order valence-corrected chi connectivity index (χ3v) is 15.4. The maximum absolute atomic E-state index is 14.8. The van der Waals surface area contributed by atoms with Gasteiger partial charge in [-0.2, -0.15) is 0 Å². The quantitative estimate of drug-likeness (QED) is 0.0374. The molecule has 81 heavy (non-hydrogen) atoms. The van der Waals surface area contributed by atoms with Gasteiger partial charge in [0.15, 0.2) is 0 Å². The number of aromatic hydroxyl groups is 2. The van der Waals surface area contributed by atoms with Crippen molar-refractivity contribution in [1.82, 2.24) is 37.2 Å². The van der Waals surface area contributed by atoms with Gasteiger partial charge in [-0.05, 0) is 110 Å². The van der Waals surface area contributed by atoms with Gasteiger partial charge in [-0.1, -0.05) is 81.7 Å². The number of anilines is 1. The first-order chi connectivity index (χ1) is 38.6. The molecule has 4 aromatic rings. The van der Waals surface area contributed by atoms with Crippen molar-refractivity contribution in [3.05, 3.63) is 124 Å². The fourth-order valence-corrected chi connectivity index (χ4v) is 10.6. The van der Waals surface area contributed by atoms with Crippen molar-refractivity contribution in [2.45, 2.75) is 106 Å². The number of hydrogen-bond donors (Lipinski definition) is 15. The molecule has 4 aromatic carbocycles. The van der Waals surface area contributed by atoms with Gasteiger partial charge < -0.3 is 80.8 Å². The summed E-state index contributed by atoms with van der Waals surface area (Å²) in [7, 11) is 1.90. The fraction of sp³-hybridized carbons (Fsp3) is 0.389. The Balaban J connectivity index is 1.58. The topological polar surface area (TPSA) is 415 Å². The first-order valence-electron chi connectivity index (χ1n) is 25.8. The summed E-state index contributed by atoms with van der Waals surface area (Å²) in [5, 5.41) is 52.4. The molecule has 0 saturated carbocycles. The second-order valence-electron chi connectivity index (χ2n) is 19.2. The number of aliphatic hydroxyl groups excluding tert-OH is 1. The molecule has 9 atom stereocenters. The average Bonchev–Trinajstić information content (AvgIpc) is 3.43. The molecule has 5 rings (SSSR count). The summed E-state index contributed by atoms with van der Waals surface area (Å²) in [5.74, 6) is -8.51. The number of carbonyl (C=O) groups excluding carboxylic acids is 9. The molecule has 0 radical (unpaired) electrons. The number of rotatable bonds is 20. The number of carbonyl (C=O) groups is 9. The van der Waals surface area contributed by atoms with E-state index in [1.54, 1.807) is 48.5 Å². The van der Waals surface area contributed by atoms with Crippen LogP contribution in [0.1, 0.15) is 48.4 Å². The molecular weight excluding hydrogens is 1110 g/mol. The van der Waals surface area contributed by atoms with Gasteiger partial charge in [-0.15, -0.1) is 0 Å². The molecule has 2 unspecified atom stereocenters. The first kappa shape index (κ1) is 64.4. The van der Waals surface area contributed by atoms with Crippen LogP contribution in [0.5, 0.6) is 11.5 Å². The van der Waals surface area contributed by atoms with Crippen LogP contribution in [0.15, 0.2) is 97.1 Å². The minimum absolute atomic E-state index is 0.0247. The highest BCUT2D eigenvalue weighted by Gasteiger charge is 2.36. The van der Waals surface area contributed by atoms with E-state index < -0.39 is 108 Å². The van der Waals surface area contributed by atoms with Gasteiger partial charge in [0, 0.05) is 41.5 Å². The maximum atomic E-state index is 14.8. The molecular formula is C54H69ClN12O12S2. The molecule has 1 aliphatic heterocycles. The number of nitrogens with one attached hydrogen (secondary N) is 8. The van der Waals surface area contributed by atoms with Gasteiger partial charge in [-0.3, -0.25) is 43.2 Å². The zero-order chi connectivity index (χ0) is 59.2. The van der Waals surface area contributed by atoms with E-state index in [0.717, 1.165) is 21.6 Å². The molecule has 24 nitrogen and oxygen atoms in total. The molecule has 19 N–H and O–H groups in total. The zero-order valence-electron chi connectivity index (χ0n) is 44.2. The van der Waals surface area contributed by atoms with Crippen LogP contribution in [0.3, 0.4) is 0 Å². The van der Waals surface area contributed by atoms with Crippen LogP contribution in [0.25, 0.3) is 0 Å². The molecule has 0 spiro atoms. The van der Waals surface area contributed by atoms with E-state index in [2.05, 4.69) is 42.5 Å². The van der Waals surface area contributed by atoms with Gasteiger partial charge in [0.1, 0.15) is 53.8 Å². The van der Waals surface area contributed by atoms with E-state index in [-0.39, 0.29) is 74.6 Å². The van der Waals surface area contributed by atoms with Gasteiger partial charge in [-0.25, -0.2) is 0 Å². The smallest absolute Gasteiger partial charge is 0.245 e. The highest BCUT2D eigenvalue weighted by Crippen LogP contribution is 2.25. The van der Waals surface area contributed by atoms with E-state index in [1.165, 1.54) is 55.5 Å². The van der Waals surface area contributed by atoms with Crippen molar-refractivity contribution < 1.29 is 58.5 Å². The van der Waals surface area contributed by atoms with Crippen LogP contribution in [0, 0.1) is 0 Å². The normalized spacial score (nSPS) is 20.8. The molecule has 0 bridgehead atoms. The van der Waals surface area contributed by atoms with E-state index in [9.17, 15) is 58.5 Å². The van der Waals surface area contributed by atoms with E-state index in [1.807, 2.05) is 0 Å². The van der Waals surface area contributed by atoms with Gasteiger partial charge in [0.05, 0.1) is 18.7 Å². The summed E-state index contributed by atoms with van der Waals surface area (Å²) in [4.78, 5) is 126. The molecule has 1 heterocycles. The van der Waals surface area contributed by atoms with Crippen LogP contribution < -0.4 is 65.5 Å². The number of nitrogens with two attached hydrogens (primary N) is 4. The van der Waals surface area contributed by atoms with Crippen molar-refractivity contribution in [3.63, 3.8) is 0 Å². The summed E-state index contributed by atoms with van der Waals surface area (Å²) in [6.45, 7) is 1.13. The second kappa shape index (κ2) is 32.1. The average molecular weight is 1180 g/mol.